The molecule has 166 valence electrons. The van der Waals surface area contributed by atoms with E-state index in [0.717, 1.165) is 41.8 Å². The van der Waals surface area contributed by atoms with Crippen LogP contribution in [0.3, 0.4) is 0 Å². The van der Waals surface area contributed by atoms with Gasteiger partial charge in [0.15, 0.2) is 5.76 Å². The second-order valence-corrected chi connectivity index (χ2v) is 8.59. The van der Waals surface area contributed by atoms with Gasteiger partial charge in [0.25, 0.3) is 0 Å². The standard InChI is InChI=1S/C18H17F3N4O5S/c19-18(20,21)30-13-5-7-14(8-6-13)31(27,28)22-9-10-24-17(26)25(12-3-4-12)16(23-24)15-2-1-11-29-15/h1-2,5-8,11-12,22H,3-4,9-10H2. The van der Waals surface area contributed by atoms with Crippen molar-refractivity contribution in [1.29, 1.82) is 0 Å². The molecule has 1 saturated carbocycles. The summed E-state index contributed by atoms with van der Waals surface area (Å²) in [6.45, 7) is -0.191. The highest BCUT2D eigenvalue weighted by molar-refractivity contribution is 7.89. The highest BCUT2D eigenvalue weighted by Crippen LogP contribution is 2.36. The van der Waals surface area contributed by atoms with Crippen molar-refractivity contribution in [3.05, 3.63) is 53.1 Å². The lowest BCUT2D eigenvalue weighted by Crippen LogP contribution is -2.32. The van der Waals surface area contributed by atoms with E-state index < -0.39 is 22.1 Å². The minimum absolute atomic E-state index is 0.0375. The second kappa shape index (κ2) is 7.89. The number of nitrogens with one attached hydrogen (secondary N) is 1. The number of sulfonamides is 1. The Balaban J connectivity index is 1.44. The Morgan fingerprint density at radius 1 is 1.19 bits per heavy atom. The Bertz CT molecular complexity index is 1210. The Hall–Kier alpha value is -3.06. The van der Waals surface area contributed by atoms with Gasteiger partial charge in [-0.1, -0.05) is 0 Å². The van der Waals surface area contributed by atoms with Crippen LogP contribution in [-0.2, 0) is 16.6 Å². The van der Waals surface area contributed by atoms with Crippen molar-refractivity contribution in [3.63, 3.8) is 0 Å². The van der Waals surface area contributed by atoms with Crippen molar-refractivity contribution in [2.24, 2.45) is 0 Å². The molecule has 31 heavy (non-hydrogen) atoms. The fourth-order valence-corrected chi connectivity index (χ4v) is 4.01. The molecule has 0 atom stereocenters. The molecule has 4 rings (SSSR count). The highest BCUT2D eigenvalue weighted by Gasteiger charge is 2.32. The van der Waals surface area contributed by atoms with Crippen LogP contribution in [0.5, 0.6) is 5.75 Å². The van der Waals surface area contributed by atoms with Crippen LogP contribution in [0, 0.1) is 0 Å². The quantitative estimate of drug-likeness (QED) is 0.556. The lowest BCUT2D eigenvalue weighted by molar-refractivity contribution is -0.274. The predicted octanol–water partition coefficient (Wildman–Crippen LogP) is 2.52. The highest BCUT2D eigenvalue weighted by atomic mass is 32.2. The molecule has 1 aromatic carbocycles. The van der Waals surface area contributed by atoms with E-state index in [9.17, 15) is 26.4 Å². The van der Waals surface area contributed by atoms with Gasteiger partial charge in [-0.3, -0.25) is 4.57 Å². The number of hydrogen-bond acceptors (Lipinski definition) is 6. The maximum atomic E-state index is 12.7. The van der Waals surface area contributed by atoms with Crippen molar-refractivity contribution in [2.75, 3.05) is 6.54 Å². The molecule has 3 aromatic rings. The smallest absolute Gasteiger partial charge is 0.461 e. The van der Waals surface area contributed by atoms with E-state index in [4.69, 9.17) is 4.42 Å². The van der Waals surface area contributed by atoms with Gasteiger partial charge in [-0.2, -0.15) is 0 Å². The third-order valence-corrected chi connectivity index (χ3v) is 5.98. The van der Waals surface area contributed by atoms with E-state index in [1.165, 1.54) is 10.8 Å². The first-order valence-corrected chi connectivity index (χ1v) is 10.7. The maximum Gasteiger partial charge on any atom is 0.573 e. The zero-order valence-electron chi connectivity index (χ0n) is 15.9. The molecule has 1 aliphatic carbocycles. The molecule has 1 aliphatic rings. The van der Waals surface area contributed by atoms with Gasteiger partial charge >= 0.3 is 12.1 Å². The van der Waals surface area contributed by atoms with Crippen LogP contribution in [0.2, 0.25) is 0 Å². The van der Waals surface area contributed by atoms with Crippen LogP contribution in [0.25, 0.3) is 11.6 Å². The molecule has 9 nitrogen and oxygen atoms in total. The van der Waals surface area contributed by atoms with E-state index >= 15 is 0 Å². The largest absolute Gasteiger partial charge is 0.573 e. The van der Waals surface area contributed by atoms with Gasteiger partial charge in [0.2, 0.25) is 15.8 Å². The number of hydrogen-bond donors (Lipinski definition) is 1. The maximum absolute atomic E-state index is 12.7. The third kappa shape index (κ3) is 4.82. The molecular formula is C18H17F3N4O5S. The van der Waals surface area contributed by atoms with E-state index in [2.05, 4.69) is 14.6 Å². The van der Waals surface area contributed by atoms with Gasteiger partial charge in [0, 0.05) is 12.6 Å². The molecule has 0 unspecified atom stereocenters. The number of ether oxygens (including phenoxy) is 1. The SMILES string of the molecule is O=c1n(CCNS(=O)(=O)c2ccc(OC(F)(F)F)cc2)nc(-c2ccco2)n1C1CC1. The van der Waals surface area contributed by atoms with Crippen LogP contribution < -0.4 is 15.1 Å². The van der Waals surface area contributed by atoms with Crippen molar-refractivity contribution in [2.45, 2.75) is 36.7 Å². The summed E-state index contributed by atoms with van der Waals surface area (Å²) in [6.07, 6.45) is -1.71. The summed E-state index contributed by atoms with van der Waals surface area (Å²) in [5, 5.41) is 4.27. The first-order valence-electron chi connectivity index (χ1n) is 9.23. The van der Waals surface area contributed by atoms with E-state index in [-0.39, 0.29) is 29.7 Å². The summed E-state index contributed by atoms with van der Waals surface area (Å²) in [5.41, 5.74) is -0.373. The average molecular weight is 458 g/mol. The number of rotatable bonds is 8. The van der Waals surface area contributed by atoms with Crippen LogP contribution >= 0.6 is 0 Å². The topological polar surface area (TPSA) is 108 Å². The number of alkyl halides is 3. The van der Waals surface area contributed by atoms with Gasteiger partial charge in [-0.05, 0) is 49.2 Å². The summed E-state index contributed by atoms with van der Waals surface area (Å²) in [7, 11) is -4.01. The molecule has 1 N–H and O–H groups in total. The van der Waals surface area contributed by atoms with Gasteiger partial charge in [0.05, 0.1) is 17.7 Å². The van der Waals surface area contributed by atoms with Crippen molar-refractivity contribution < 1.29 is 30.7 Å². The number of benzene rings is 1. The summed E-state index contributed by atoms with van der Waals surface area (Å²) < 4.78 is 75.4. The van der Waals surface area contributed by atoms with Crippen LogP contribution in [0.1, 0.15) is 18.9 Å². The number of aromatic nitrogens is 3. The molecule has 2 aromatic heterocycles. The normalized spacial score (nSPS) is 14.7. The van der Waals surface area contributed by atoms with Crippen molar-refractivity contribution >= 4 is 10.0 Å². The molecule has 2 heterocycles. The van der Waals surface area contributed by atoms with Gasteiger partial charge in [0.1, 0.15) is 5.75 Å². The molecule has 13 heteroatoms. The van der Waals surface area contributed by atoms with Gasteiger partial charge < -0.3 is 9.15 Å². The van der Waals surface area contributed by atoms with Gasteiger partial charge in [-0.25, -0.2) is 22.6 Å². The first-order chi connectivity index (χ1) is 14.6. The molecule has 0 amide bonds. The van der Waals surface area contributed by atoms with Gasteiger partial charge in [-0.15, -0.1) is 18.3 Å². The molecule has 1 fully saturated rings. The minimum atomic E-state index is -4.87. The lowest BCUT2D eigenvalue weighted by atomic mass is 10.3. The fraction of sp³-hybridized carbons (Fsp3) is 0.333. The predicted molar refractivity (Wildman–Crippen MR) is 101 cm³/mol. The summed E-state index contributed by atoms with van der Waals surface area (Å²) in [6, 6.07) is 7.18. The molecule has 0 spiro atoms. The molecule has 0 saturated heterocycles. The summed E-state index contributed by atoms with van der Waals surface area (Å²) >= 11 is 0. The molecule has 0 radical (unpaired) electrons. The lowest BCUT2D eigenvalue weighted by Gasteiger charge is -2.10. The van der Waals surface area contributed by atoms with Crippen LogP contribution in [0.4, 0.5) is 13.2 Å². The number of nitrogens with zero attached hydrogens (tertiary/aromatic N) is 3. The molecule has 0 bridgehead atoms. The van der Waals surface area contributed by atoms with Crippen LogP contribution in [0.15, 0.2) is 56.8 Å². The first kappa shape index (κ1) is 21.2. The second-order valence-electron chi connectivity index (χ2n) is 6.82. The zero-order chi connectivity index (χ0) is 22.2. The average Bonchev–Trinajstić information content (AvgIpc) is 3.26. The number of halogens is 3. The number of furan rings is 1. The van der Waals surface area contributed by atoms with Crippen molar-refractivity contribution in [1.82, 2.24) is 19.1 Å². The Morgan fingerprint density at radius 2 is 1.90 bits per heavy atom. The third-order valence-electron chi connectivity index (χ3n) is 4.51. The van der Waals surface area contributed by atoms with Crippen molar-refractivity contribution in [3.8, 4) is 17.3 Å². The Labute approximate surface area is 174 Å². The van der Waals surface area contributed by atoms with E-state index in [0.29, 0.717) is 11.6 Å². The Morgan fingerprint density at radius 3 is 2.48 bits per heavy atom. The van der Waals surface area contributed by atoms with Crippen LogP contribution in [-0.4, -0.2) is 35.7 Å². The molecule has 0 aliphatic heterocycles. The monoisotopic (exact) mass is 458 g/mol. The summed E-state index contributed by atoms with van der Waals surface area (Å²) in [4.78, 5) is 12.4. The van der Waals surface area contributed by atoms with E-state index in [1.807, 2.05) is 0 Å². The minimum Gasteiger partial charge on any atom is -0.461 e. The Kier molecular flexibility index (Phi) is 5.39. The fourth-order valence-electron chi connectivity index (χ4n) is 2.99. The molecular weight excluding hydrogens is 441 g/mol. The van der Waals surface area contributed by atoms with E-state index in [1.54, 1.807) is 12.1 Å². The summed E-state index contributed by atoms with van der Waals surface area (Å²) in [5.74, 6) is 0.277. The zero-order valence-corrected chi connectivity index (χ0v) is 16.7.